The number of carboxylic acid groups (broad SMARTS) is 1. The highest BCUT2D eigenvalue weighted by molar-refractivity contribution is 7.98. The van der Waals surface area contributed by atoms with E-state index >= 15 is 0 Å². The van der Waals surface area contributed by atoms with E-state index in [9.17, 15) is 24.8 Å². The van der Waals surface area contributed by atoms with E-state index in [-0.39, 0.29) is 17.8 Å². The van der Waals surface area contributed by atoms with Gasteiger partial charge in [-0.05, 0) is 31.2 Å². The lowest BCUT2D eigenvalue weighted by atomic mass is 9.74. The molecule has 130 valence electrons. The molecule has 1 aliphatic carbocycles. The predicted octanol–water partition coefficient (Wildman–Crippen LogP) is 3.08. The van der Waals surface area contributed by atoms with Crippen LogP contribution >= 0.6 is 11.8 Å². The first-order chi connectivity index (χ1) is 11.4. The van der Waals surface area contributed by atoms with Gasteiger partial charge >= 0.3 is 5.97 Å². The van der Waals surface area contributed by atoms with Crippen molar-refractivity contribution < 1.29 is 19.6 Å². The van der Waals surface area contributed by atoms with E-state index in [1.165, 1.54) is 30.0 Å². The molecule has 24 heavy (non-hydrogen) atoms. The van der Waals surface area contributed by atoms with E-state index in [4.69, 9.17) is 0 Å². The van der Waals surface area contributed by atoms with Gasteiger partial charge in [-0.1, -0.05) is 19.3 Å². The van der Waals surface area contributed by atoms with Gasteiger partial charge in [-0.3, -0.25) is 19.7 Å². The first-order valence-electron chi connectivity index (χ1n) is 7.74. The molecule has 1 aliphatic rings. The third-order valence-electron chi connectivity index (χ3n) is 4.49. The van der Waals surface area contributed by atoms with Crippen molar-refractivity contribution in [3.05, 3.63) is 33.9 Å². The molecule has 0 radical (unpaired) electrons. The van der Waals surface area contributed by atoms with Crippen molar-refractivity contribution >= 4 is 29.3 Å². The maximum Gasteiger partial charge on any atom is 0.311 e. The van der Waals surface area contributed by atoms with E-state index in [1.54, 1.807) is 6.26 Å². The smallest absolute Gasteiger partial charge is 0.311 e. The zero-order valence-electron chi connectivity index (χ0n) is 13.4. The summed E-state index contributed by atoms with van der Waals surface area (Å²) in [4.78, 5) is 34.9. The Labute approximate surface area is 144 Å². The first kappa shape index (κ1) is 18.3. The van der Waals surface area contributed by atoms with Crippen LogP contribution in [0.15, 0.2) is 23.1 Å². The number of amides is 1. The number of rotatable bonds is 6. The summed E-state index contributed by atoms with van der Waals surface area (Å²) in [6.45, 7) is 0.0409. The number of benzene rings is 1. The second-order valence-electron chi connectivity index (χ2n) is 5.97. The molecular formula is C16H20N2O5S. The topological polar surface area (TPSA) is 110 Å². The number of nitrogens with one attached hydrogen (secondary N) is 1. The predicted molar refractivity (Wildman–Crippen MR) is 90.4 cm³/mol. The summed E-state index contributed by atoms with van der Waals surface area (Å²) in [5.74, 6) is -1.39. The van der Waals surface area contributed by atoms with Crippen molar-refractivity contribution in [3.8, 4) is 0 Å². The lowest BCUT2D eigenvalue weighted by Crippen LogP contribution is -2.44. The molecule has 1 aromatic rings. The highest BCUT2D eigenvalue weighted by Crippen LogP contribution is 2.36. The molecule has 0 aromatic heterocycles. The molecule has 1 aromatic carbocycles. The number of thioether (sulfide) groups is 1. The van der Waals surface area contributed by atoms with Crippen LogP contribution in [0.4, 0.5) is 5.69 Å². The molecule has 0 saturated heterocycles. The van der Waals surface area contributed by atoms with Crippen LogP contribution in [-0.4, -0.2) is 34.7 Å². The van der Waals surface area contributed by atoms with Crippen molar-refractivity contribution in [1.82, 2.24) is 5.32 Å². The highest BCUT2D eigenvalue weighted by atomic mass is 32.2. The Balaban J connectivity index is 2.13. The number of nitro benzene ring substituents is 1. The van der Waals surface area contributed by atoms with Gasteiger partial charge in [0.25, 0.3) is 11.6 Å². The second kappa shape index (κ2) is 7.65. The zero-order chi connectivity index (χ0) is 17.7. The Morgan fingerprint density at radius 1 is 1.33 bits per heavy atom. The van der Waals surface area contributed by atoms with Crippen molar-refractivity contribution in [2.45, 2.75) is 37.0 Å². The lowest BCUT2D eigenvalue weighted by Gasteiger charge is -2.33. The average Bonchev–Trinajstić information content (AvgIpc) is 2.59. The minimum atomic E-state index is -0.931. The van der Waals surface area contributed by atoms with Crippen molar-refractivity contribution in [2.24, 2.45) is 5.41 Å². The van der Waals surface area contributed by atoms with Gasteiger partial charge in [0.1, 0.15) is 0 Å². The van der Waals surface area contributed by atoms with Gasteiger partial charge in [0.15, 0.2) is 0 Å². The molecule has 0 unspecified atom stereocenters. The molecule has 2 rings (SSSR count). The number of nitro groups is 1. The molecule has 7 nitrogen and oxygen atoms in total. The third kappa shape index (κ3) is 3.87. The number of aliphatic carboxylic acids is 1. The van der Waals surface area contributed by atoms with Crippen molar-refractivity contribution in [1.29, 1.82) is 0 Å². The summed E-state index contributed by atoms with van der Waals surface area (Å²) >= 11 is 1.23. The van der Waals surface area contributed by atoms with Crippen molar-refractivity contribution in [3.63, 3.8) is 0 Å². The van der Waals surface area contributed by atoms with Gasteiger partial charge in [0.2, 0.25) is 0 Å². The fourth-order valence-electron chi connectivity index (χ4n) is 3.02. The number of carbonyl (C=O) groups excluding carboxylic acids is 1. The van der Waals surface area contributed by atoms with Gasteiger partial charge in [0, 0.05) is 18.2 Å². The van der Waals surface area contributed by atoms with E-state index in [0.717, 1.165) is 19.3 Å². The van der Waals surface area contributed by atoms with Crippen LogP contribution in [0.5, 0.6) is 0 Å². The lowest BCUT2D eigenvalue weighted by molar-refractivity contribution is -0.387. The van der Waals surface area contributed by atoms with Crippen LogP contribution in [0, 0.1) is 15.5 Å². The Hall–Kier alpha value is -2.09. The zero-order valence-corrected chi connectivity index (χ0v) is 14.2. The summed E-state index contributed by atoms with van der Waals surface area (Å²) < 4.78 is 0. The van der Waals surface area contributed by atoms with Crippen LogP contribution in [0.25, 0.3) is 0 Å². The minimum absolute atomic E-state index is 0.0409. The molecular weight excluding hydrogens is 332 g/mol. The molecule has 8 heteroatoms. The van der Waals surface area contributed by atoms with Crippen LogP contribution in [0.3, 0.4) is 0 Å². The van der Waals surface area contributed by atoms with Gasteiger partial charge in [-0.15, -0.1) is 11.8 Å². The Morgan fingerprint density at radius 3 is 2.54 bits per heavy atom. The molecule has 2 N–H and O–H groups in total. The van der Waals surface area contributed by atoms with E-state index in [2.05, 4.69) is 5.32 Å². The number of hydrogen-bond acceptors (Lipinski definition) is 5. The van der Waals surface area contributed by atoms with Gasteiger partial charge in [0.05, 0.1) is 15.2 Å². The summed E-state index contributed by atoms with van der Waals surface area (Å²) in [6, 6.07) is 4.28. The number of carbonyl (C=O) groups is 2. The summed E-state index contributed by atoms with van der Waals surface area (Å²) in [5, 5.41) is 23.2. The number of carboxylic acids is 1. The molecule has 1 fully saturated rings. The van der Waals surface area contributed by atoms with Crippen LogP contribution in [0.2, 0.25) is 0 Å². The van der Waals surface area contributed by atoms with E-state index in [0.29, 0.717) is 17.7 Å². The molecule has 0 spiro atoms. The summed E-state index contributed by atoms with van der Waals surface area (Å²) in [7, 11) is 0. The third-order valence-corrected chi connectivity index (χ3v) is 5.27. The second-order valence-corrected chi connectivity index (χ2v) is 6.82. The normalized spacial score (nSPS) is 16.4. The van der Waals surface area contributed by atoms with E-state index < -0.39 is 22.2 Å². The molecule has 0 atom stereocenters. The molecule has 0 heterocycles. The first-order valence-corrected chi connectivity index (χ1v) is 8.96. The molecule has 0 bridgehead atoms. The quantitative estimate of drug-likeness (QED) is 0.462. The fraction of sp³-hybridized carbons (Fsp3) is 0.500. The fourth-order valence-corrected chi connectivity index (χ4v) is 3.57. The maximum absolute atomic E-state index is 12.3. The SMILES string of the molecule is CSc1ccc(C(=O)NCC2(C(=O)O)CCCCC2)cc1[N+](=O)[O-]. The van der Waals surface area contributed by atoms with Crippen molar-refractivity contribution in [2.75, 3.05) is 12.8 Å². The van der Waals surface area contributed by atoms with E-state index in [1.807, 2.05) is 0 Å². The molecule has 1 saturated carbocycles. The Bertz CT molecular complexity index is 656. The van der Waals surface area contributed by atoms with Crippen LogP contribution in [0.1, 0.15) is 42.5 Å². The van der Waals surface area contributed by atoms with Crippen LogP contribution < -0.4 is 5.32 Å². The largest absolute Gasteiger partial charge is 0.481 e. The van der Waals surface area contributed by atoms with Gasteiger partial charge < -0.3 is 10.4 Å². The van der Waals surface area contributed by atoms with Gasteiger partial charge in [-0.25, -0.2) is 0 Å². The molecule has 1 amide bonds. The number of hydrogen-bond donors (Lipinski definition) is 2. The Kier molecular flexibility index (Phi) is 5.82. The highest BCUT2D eigenvalue weighted by Gasteiger charge is 2.39. The minimum Gasteiger partial charge on any atom is -0.481 e. The summed E-state index contributed by atoms with van der Waals surface area (Å²) in [5.41, 5.74) is -0.893. The van der Waals surface area contributed by atoms with Gasteiger partial charge in [-0.2, -0.15) is 0 Å². The monoisotopic (exact) mass is 352 g/mol. The maximum atomic E-state index is 12.3. The summed E-state index contributed by atoms with van der Waals surface area (Å²) in [6.07, 6.45) is 5.46. The van der Waals surface area contributed by atoms with Crippen LogP contribution in [-0.2, 0) is 4.79 Å². The standard InChI is InChI=1S/C16H20N2O5S/c1-24-13-6-5-11(9-12(13)18(22)23)14(19)17-10-16(15(20)21)7-3-2-4-8-16/h5-6,9H,2-4,7-8,10H2,1H3,(H,17,19)(H,20,21). The average molecular weight is 352 g/mol. The number of nitrogens with zero attached hydrogens (tertiary/aromatic N) is 1. The molecule has 0 aliphatic heterocycles. The Morgan fingerprint density at radius 2 is 2.00 bits per heavy atom.